The van der Waals surface area contributed by atoms with Crippen molar-refractivity contribution in [2.45, 2.75) is 74.8 Å². The average Bonchev–Trinajstić information content (AvgIpc) is 3.38. The molecular formula is C32H31NO6S. The van der Waals surface area contributed by atoms with Crippen LogP contribution < -0.4 is 0 Å². The van der Waals surface area contributed by atoms with Gasteiger partial charge in [0.2, 0.25) is 10.0 Å². The summed E-state index contributed by atoms with van der Waals surface area (Å²) in [6.45, 7) is 2.29. The van der Waals surface area contributed by atoms with Crippen LogP contribution in [0.2, 0.25) is 0 Å². The molecule has 1 saturated carbocycles. The van der Waals surface area contributed by atoms with E-state index in [1.165, 1.54) is 4.31 Å². The van der Waals surface area contributed by atoms with E-state index in [2.05, 4.69) is 0 Å². The second-order valence-corrected chi connectivity index (χ2v) is 13.3. The fourth-order valence-corrected chi connectivity index (χ4v) is 8.45. The SMILES string of the molecule is Cc1ccc(S(=O)(=O)N2Cc3ccc4c(c3C[C@@H]2[C@H]2COC3(CCCCC3)O2)C(=O)c2ccccc2C4=O)cc1. The molecule has 4 aliphatic rings. The van der Waals surface area contributed by atoms with E-state index in [-0.39, 0.29) is 36.0 Å². The first-order chi connectivity index (χ1) is 19.3. The largest absolute Gasteiger partial charge is 0.347 e. The van der Waals surface area contributed by atoms with Crippen LogP contribution in [0.15, 0.2) is 65.6 Å². The number of carbonyl (C=O) groups excluding carboxylic acids is 2. The molecule has 2 atom stereocenters. The quantitative estimate of drug-likeness (QED) is 0.354. The molecule has 7 rings (SSSR count). The fraction of sp³-hybridized carbons (Fsp3) is 0.375. The van der Waals surface area contributed by atoms with Gasteiger partial charge in [0.1, 0.15) is 6.10 Å². The Hall–Kier alpha value is -3.17. The van der Waals surface area contributed by atoms with Crippen molar-refractivity contribution < 1.29 is 27.5 Å². The maximum atomic E-state index is 14.1. The Bertz CT molecular complexity index is 1640. The summed E-state index contributed by atoms with van der Waals surface area (Å²) in [5.41, 5.74) is 4.01. The average molecular weight is 558 g/mol. The number of rotatable bonds is 3. The highest BCUT2D eigenvalue weighted by atomic mass is 32.2. The summed E-state index contributed by atoms with van der Waals surface area (Å²) in [5.74, 6) is -1.05. The second-order valence-electron chi connectivity index (χ2n) is 11.4. The van der Waals surface area contributed by atoms with Gasteiger partial charge < -0.3 is 9.47 Å². The van der Waals surface area contributed by atoms with Crippen LogP contribution >= 0.6 is 0 Å². The molecular weight excluding hydrogens is 526 g/mol. The first kappa shape index (κ1) is 25.8. The van der Waals surface area contributed by atoms with Gasteiger partial charge in [-0.2, -0.15) is 4.31 Å². The van der Waals surface area contributed by atoms with Gasteiger partial charge in [0.15, 0.2) is 17.4 Å². The molecule has 0 N–H and O–H groups in total. The van der Waals surface area contributed by atoms with E-state index < -0.39 is 28.0 Å². The lowest BCUT2D eigenvalue weighted by Crippen LogP contribution is -2.52. The topological polar surface area (TPSA) is 90.0 Å². The number of fused-ring (bicyclic) bond motifs is 4. The minimum absolute atomic E-state index is 0.0828. The first-order valence-electron chi connectivity index (χ1n) is 14.0. The van der Waals surface area contributed by atoms with Gasteiger partial charge in [-0.1, -0.05) is 54.4 Å². The van der Waals surface area contributed by atoms with Gasteiger partial charge in [-0.05, 0) is 55.5 Å². The molecule has 2 aliphatic heterocycles. The molecule has 2 fully saturated rings. The molecule has 2 aliphatic carbocycles. The van der Waals surface area contributed by atoms with E-state index in [1.54, 1.807) is 60.7 Å². The van der Waals surface area contributed by atoms with Crippen molar-refractivity contribution >= 4 is 21.6 Å². The smallest absolute Gasteiger partial charge is 0.243 e. The van der Waals surface area contributed by atoms with Crippen LogP contribution in [0.3, 0.4) is 0 Å². The predicted octanol–water partition coefficient (Wildman–Crippen LogP) is 4.96. The van der Waals surface area contributed by atoms with Gasteiger partial charge in [0.25, 0.3) is 0 Å². The van der Waals surface area contributed by atoms with E-state index in [0.717, 1.165) is 48.8 Å². The summed E-state index contributed by atoms with van der Waals surface area (Å²) in [6, 6.07) is 16.6. The van der Waals surface area contributed by atoms with E-state index in [0.29, 0.717) is 22.3 Å². The minimum atomic E-state index is -3.90. The summed E-state index contributed by atoms with van der Waals surface area (Å²) >= 11 is 0. The first-order valence-corrected chi connectivity index (χ1v) is 15.4. The van der Waals surface area contributed by atoms with Gasteiger partial charge in [0.05, 0.1) is 17.5 Å². The Kier molecular flexibility index (Phi) is 6.09. The highest BCUT2D eigenvalue weighted by molar-refractivity contribution is 7.89. The van der Waals surface area contributed by atoms with Gasteiger partial charge in [0, 0.05) is 41.6 Å². The Morgan fingerprint density at radius 1 is 0.850 bits per heavy atom. The zero-order valence-corrected chi connectivity index (χ0v) is 23.2. The van der Waals surface area contributed by atoms with Crippen LogP contribution in [0.1, 0.15) is 80.6 Å². The zero-order chi connectivity index (χ0) is 27.6. The molecule has 2 heterocycles. The van der Waals surface area contributed by atoms with Crippen LogP contribution in [-0.4, -0.2) is 48.8 Å². The summed E-state index contributed by atoms with van der Waals surface area (Å²) in [7, 11) is -3.90. The van der Waals surface area contributed by atoms with Crippen molar-refractivity contribution in [1.29, 1.82) is 0 Å². The third-order valence-electron chi connectivity index (χ3n) is 8.96. The van der Waals surface area contributed by atoms with Crippen LogP contribution in [0.5, 0.6) is 0 Å². The van der Waals surface area contributed by atoms with Crippen molar-refractivity contribution in [2.75, 3.05) is 6.61 Å². The van der Waals surface area contributed by atoms with E-state index in [1.807, 2.05) is 6.92 Å². The molecule has 1 spiro atoms. The lowest BCUT2D eigenvalue weighted by molar-refractivity contribution is -0.191. The third kappa shape index (κ3) is 4.00. The van der Waals surface area contributed by atoms with Gasteiger partial charge in [-0.15, -0.1) is 0 Å². The van der Waals surface area contributed by atoms with E-state index >= 15 is 0 Å². The Labute approximate surface area is 234 Å². The van der Waals surface area contributed by atoms with Gasteiger partial charge >= 0.3 is 0 Å². The minimum Gasteiger partial charge on any atom is -0.347 e. The van der Waals surface area contributed by atoms with Gasteiger partial charge in [-0.25, -0.2) is 8.42 Å². The standard InChI is InChI=1S/C32H31NO6S/c1-20-9-12-22(13-10-20)40(36,37)33-18-21-11-14-25-29(31(35)24-8-4-3-7-23(24)30(25)34)26(21)17-27(33)28-19-38-32(39-28)15-5-2-6-16-32/h3-4,7-14,27-28H,2,5-6,15-19H2,1H3/t27-,28-/m1/s1. The molecule has 8 heteroatoms. The van der Waals surface area contributed by atoms with Crippen molar-refractivity contribution in [3.05, 3.63) is 99.6 Å². The third-order valence-corrected chi connectivity index (χ3v) is 10.8. The number of hydrogen-bond donors (Lipinski definition) is 0. The number of ether oxygens (including phenoxy) is 2. The van der Waals surface area contributed by atoms with E-state index in [9.17, 15) is 18.0 Å². The monoisotopic (exact) mass is 557 g/mol. The number of hydrogen-bond acceptors (Lipinski definition) is 6. The number of benzene rings is 3. The lowest BCUT2D eigenvalue weighted by Gasteiger charge is -2.40. The van der Waals surface area contributed by atoms with E-state index in [4.69, 9.17) is 9.47 Å². The molecule has 40 heavy (non-hydrogen) atoms. The summed E-state index contributed by atoms with van der Waals surface area (Å²) < 4.78 is 42.6. The predicted molar refractivity (Wildman–Crippen MR) is 148 cm³/mol. The molecule has 0 aromatic heterocycles. The maximum absolute atomic E-state index is 14.1. The number of nitrogens with zero attached hydrogens (tertiary/aromatic N) is 1. The highest BCUT2D eigenvalue weighted by Crippen LogP contribution is 2.43. The summed E-state index contributed by atoms with van der Waals surface area (Å²) in [5, 5.41) is 0. The molecule has 206 valence electrons. The van der Waals surface area contributed by atoms with Crippen molar-refractivity contribution in [1.82, 2.24) is 4.31 Å². The van der Waals surface area contributed by atoms with Crippen molar-refractivity contribution in [2.24, 2.45) is 0 Å². The Morgan fingerprint density at radius 2 is 1.55 bits per heavy atom. The molecule has 1 saturated heterocycles. The lowest BCUT2D eigenvalue weighted by atomic mass is 9.78. The second kappa shape index (κ2) is 9.45. The molecule has 7 nitrogen and oxygen atoms in total. The van der Waals surface area contributed by atoms with Crippen molar-refractivity contribution in [3.63, 3.8) is 0 Å². The molecule has 0 bridgehead atoms. The molecule has 0 radical (unpaired) electrons. The zero-order valence-electron chi connectivity index (χ0n) is 22.4. The van der Waals surface area contributed by atoms with Gasteiger partial charge in [-0.3, -0.25) is 9.59 Å². The summed E-state index contributed by atoms with van der Waals surface area (Å²) in [4.78, 5) is 27.4. The van der Waals surface area contributed by atoms with Crippen LogP contribution in [0.25, 0.3) is 0 Å². The normalized spacial score (nSPS) is 24.0. The maximum Gasteiger partial charge on any atom is 0.243 e. The van der Waals surface area contributed by atoms with Crippen molar-refractivity contribution in [3.8, 4) is 0 Å². The molecule has 3 aromatic rings. The number of aryl methyl sites for hydroxylation is 1. The fourth-order valence-electron chi connectivity index (χ4n) is 6.82. The number of carbonyl (C=O) groups is 2. The Morgan fingerprint density at radius 3 is 2.27 bits per heavy atom. The summed E-state index contributed by atoms with van der Waals surface area (Å²) in [6.07, 6.45) is 4.49. The van der Waals surface area contributed by atoms with Crippen LogP contribution in [0.4, 0.5) is 0 Å². The van der Waals surface area contributed by atoms with Crippen LogP contribution in [0, 0.1) is 6.92 Å². The molecule has 0 unspecified atom stereocenters. The Balaban J connectivity index is 1.33. The number of ketones is 2. The highest BCUT2D eigenvalue weighted by Gasteiger charge is 2.50. The molecule has 3 aromatic carbocycles. The number of sulfonamides is 1. The molecule has 0 amide bonds. The van der Waals surface area contributed by atoms with Crippen LogP contribution in [-0.2, 0) is 32.5 Å².